The summed E-state index contributed by atoms with van der Waals surface area (Å²) in [5.41, 5.74) is 25.4. The van der Waals surface area contributed by atoms with E-state index in [4.69, 9.17) is 0 Å². The fraction of sp³-hybridized carbons (Fsp3) is 0.429. The highest BCUT2D eigenvalue weighted by atomic mass is 15.3. The zero-order chi connectivity index (χ0) is 48.1. The standard InChI is InChI=1S/C63H76BN3/c1-39-32-41(3)57-48(33-39)62(16)30-18-19-31-63(62,17)67(57)47-26-27-49-53(38-47)65(46-24-20-42(21-25-46)58(4,5)6)54-36-45(61(13,14)15)37-55-56(54)64(49)50-35-44(60(10,11)12)23-29-52(50)66(55)51-28-22-43(34-40(51)2)59(7,8)9/h20-29,32-38H,18-19,30-31H2,1-17H3. The predicted molar refractivity (Wildman–Crippen MR) is 292 cm³/mol. The summed E-state index contributed by atoms with van der Waals surface area (Å²) in [4.78, 5) is 8.09. The van der Waals surface area contributed by atoms with E-state index >= 15 is 0 Å². The fourth-order valence-corrected chi connectivity index (χ4v) is 12.7. The smallest absolute Gasteiger partial charge is 0.252 e. The Morgan fingerprint density at radius 3 is 1.61 bits per heavy atom. The summed E-state index contributed by atoms with van der Waals surface area (Å²) in [5.74, 6) is 0. The van der Waals surface area contributed by atoms with Gasteiger partial charge in [-0.05, 0) is 166 Å². The van der Waals surface area contributed by atoms with Crippen molar-refractivity contribution in [3.63, 3.8) is 0 Å². The van der Waals surface area contributed by atoms with Gasteiger partial charge in [-0.25, -0.2) is 0 Å². The molecule has 10 rings (SSSR count). The maximum atomic E-state index is 2.81. The Morgan fingerprint density at radius 2 is 1.00 bits per heavy atom. The summed E-state index contributed by atoms with van der Waals surface area (Å²) in [6, 6.07) is 41.8. The van der Waals surface area contributed by atoms with E-state index in [1.165, 1.54) is 132 Å². The van der Waals surface area contributed by atoms with Gasteiger partial charge in [-0.15, -0.1) is 0 Å². The van der Waals surface area contributed by atoms with E-state index in [0.717, 1.165) is 0 Å². The Kier molecular flexibility index (Phi) is 10.1. The number of nitrogens with zero attached hydrogens (tertiary/aromatic N) is 3. The van der Waals surface area contributed by atoms with Crippen LogP contribution in [-0.2, 0) is 27.1 Å². The molecule has 0 radical (unpaired) electrons. The number of rotatable bonds is 3. The Balaban J connectivity index is 1.31. The molecule has 67 heavy (non-hydrogen) atoms. The average molecular weight is 886 g/mol. The Hall–Kier alpha value is -5.22. The van der Waals surface area contributed by atoms with Crippen LogP contribution in [0, 0.1) is 20.8 Å². The lowest BCUT2D eigenvalue weighted by Gasteiger charge is -2.51. The highest BCUT2D eigenvalue weighted by molar-refractivity contribution is 7.00. The normalized spacial score (nSPS) is 20.1. The van der Waals surface area contributed by atoms with Crippen molar-refractivity contribution in [2.45, 2.75) is 176 Å². The van der Waals surface area contributed by atoms with Crippen molar-refractivity contribution in [1.29, 1.82) is 0 Å². The number of hydrogen-bond donors (Lipinski definition) is 0. The number of anilines is 8. The average Bonchev–Trinajstić information content (AvgIpc) is 3.45. The molecule has 2 atom stereocenters. The molecule has 6 aromatic rings. The third-order valence-corrected chi connectivity index (χ3v) is 16.9. The summed E-state index contributed by atoms with van der Waals surface area (Å²) in [5, 5.41) is 0. The summed E-state index contributed by atoms with van der Waals surface area (Å²) in [7, 11) is 0. The molecule has 4 heteroatoms. The van der Waals surface area contributed by atoms with Crippen LogP contribution in [-0.4, -0.2) is 12.3 Å². The van der Waals surface area contributed by atoms with E-state index in [-0.39, 0.29) is 39.3 Å². The molecule has 0 amide bonds. The molecule has 1 aliphatic carbocycles. The van der Waals surface area contributed by atoms with Gasteiger partial charge in [0.2, 0.25) is 0 Å². The second-order valence-electron chi connectivity index (χ2n) is 25.7. The van der Waals surface area contributed by atoms with Crippen LogP contribution in [0.3, 0.4) is 0 Å². The lowest BCUT2D eigenvalue weighted by Crippen LogP contribution is -2.61. The Morgan fingerprint density at radius 1 is 0.448 bits per heavy atom. The molecule has 6 aromatic carbocycles. The number of benzene rings is 6. The van der Waals surface area contributed by atoms with Crippen LogP contribution in [0.5, 0.6) is 0 Å². The topological polar surface area (TPSA) is 9.72 Å². The second-order valence-corrected chi connectivity index (χ2v) is 25.7. The lowest BCUT2D eigenvalue weighted by atomic mass is 9.33. The highest BCUT2D eigenvalue weighted by Gasteiger charge is 2.58. The molecule has 346 valence electrons. The summed E-state index contributed by atoms with van der Waals surface area (Å²) in [6.07, 6.45) is 4.91. The molecule has 3 aliphatic heterocycles. The number of fused-ring (bicyclic) bond motifs is 7. The fourth-order valence-electron chi connectivity index (χ4n) is 12.7. The van der Waals surface area contributed by atoms with E-state index in [9.17, 15) is 0 Å². The van der Waals surface area contributed by atoms with Crippen LogP contribution in [0.4, 0.5) is 45.5 Å². The SMILES string of the molecule is Cc1cc(C)c2c(c1)C1(C)CCCCC1(C)N2c1ccc2c(c1)N(c1ccc(C(C)(C)C)cc1)c1cc(C(C)(C)C)cc3c1B2c1cc(C(C)(C)C)ccc1N3c1ccc(C(C)(C)C)cc1C. The maximum Gasteiger partial charge on any atom is 0.252 e. The first-order valence-electron chi connectivity index (χ1n) is 25.4. The van der Waals surface area contributed by atoms with E-state index in [1.807, 2.05) is 0 Å². The van der Waals surface area contributed by atoms with Gasteiger partial charge in [0.05, 0.1) is 5.54 Å². The first-order valence-corrected chi connectivity index (χ1v) is 25.4. The molecule has 1 fully saturated rings. The molecule has 2 unspecified atom stereocenters. The maximum absolute atomic E-state index is 2.81. The van der Waals surface area contributed by atoms with Crippen LogP contribution >= 0.6 is 0 Å². The van der Waals surface area contributed by atoms with Crippen LogP contribution in [0.2, 0.25) is 0 Å². The molecule has 4 aliphatic rings. The van der Waals surface area contributed by atoms with Crippen molar-refractivity contribution in [3.05, 3.63) is 148 Å². The molecule has 1 saturated carbocycles. The van der Waals surface area contributed by atoms with Gasteiger partial charge in [-0.3, -0.25) is 0 Å². The van der Waals surface area contributed by atoms with Gasteiger partial charge in [0.1, 0.15) is 0 Å². The molecular weight excluding hydrogens is 810 g/mol. The van der Waals surface area contributed by atoms with Crippen molar-refractivity contribution < 1.29 is 0 Å². The van der Waals surface area contributed by atoms with Gasteiger partial charge in [-0.1, -0.05) is 163 Å². The molecule has 3 nitrogen and oxygen atoms in total. The zero-order valence-corrected chi connectivity index (χ0v) is 44.1. The Bertz CT molecular complexity index is 2980. The third-order valence-electron chi connectivity index (χ3n) is 16.9. The molecule has 0 saturated heterocycles. The van der Waals surface area contributed by atoms with Gasteiger partial charge in [0.15, 0.2) is 0 Å². The van der Waals surface area contributed by atoms with Crippen molar-refractivity contribution >= 4 is 68.6 Å². The minimum atomic E-state index is -0.104. The van der Waals surface area contributed by atoms with E-state index in [1.54, 1.807) is 0 Å². The van der Waals surface area contributed by atoms with Crippen LogP contribution < -0.4 is 31.1 Å². The van der Waals surface area contributed by atoms with Crippen molar-refractivity contribution in [3.8, 4) is 0 Å². The number of aryl methyl sites for hydroxylation is 3. The predicted octanol–water partition coefficient (Wildman–Crippen LogP) is 15.6. The summed E-state index contributed by atoms with van der Waals surface area (Å²) in [6.45, 7) is 40.3. The molecular formula is C63H76BN3. The van der Waals surface area contributed by atoms with E-state index in [0.29, 0.717) is 0 Å². The zero-order valence-electron chi connectivity index (χ0n) is 44.1. The Labute approximate surface area is 405 Å². The molecule has 0 spiro atoms. The summed E-state index contributed by atoms with van der Waals surface area (Å²) >= 11 is 0. The molecule has 0 bridgehead atoms. The summed E-state index contributed by atoms with van der Waals surface area (Å²) < 4.78 is 0. The van der Waals surface area contributed by atoms with Gasteiger partial charge in [0, 0.05) is 50.9 Å². The van der Waals surface area contributed by atoms with Crippen LogP contribution in [0.25, 0.3) is 0 Å². The lowest BCUT2D eigenvalue weighted by molar-refractivity contribution is 0.195. The van der Waals surface area contributed by atoms with E-state index < -0.39 is 0 Å². The molecule has 0 aromatic heterocycles. The minimum Gasteiger partial charge on any atom is -0.334 e. The largest absolute Gasteiger partial charge is 0.334 e. The minimum absolute atomic E-state index is 0.0209. The molecule has 3 heterocycles. The first kappa shape index (κ1) is 45.6. The quantitative estimate of drug-likeness (QED) is 0.164. The van der Waals surface area contributed by atoms with Crippen LogP contribution in [0.15, 0.2) is 103 Å². The van der Waals surface area contributed by atoms with Gasteiger partial charge in [-0.2, -0.15) is 0 Å². The van der Waals surface area contributed by atoms with Crippen LogP contribution in [0.1, 0.15) is 167 Å². The number of hydrogen-bond acceptors (Lipinski definition) is 3. The third kappa shape index (κ3) is 6.96. The van der Waals surface area contributed by atoms with Gasteiger partial charge < -0.3 is 14.7 Å². The van der Waals surface area contributed by atoms with Gasteiger partial charge in [0.25, 0.3) is 6.71 Å². The van der Waals surface area contributed by atoms with Crippen molar-refractivity contribution in [1.82, 2.24) is 0 Å². The highest BCUT2D eigenvalue weighted by Crippen LogP contribution is 2.62. The second kappa shape index (κ2) is 14.9. The van der Waals surface area contributed by atoms with E-state index in [2.05, 4.69) is 236 Å². The first-order chi connectivity index (χ1) is 31.2. The molecule has 0 N–H and O–H groups in total. The van der Waals surface area contributed by atoms with Gasteiger partial charge >= 0.3 is 0 Å². The van der Waals surface area contributed by atoms with Crippen molar-refractivity contribution in [2.75, 3.05) is 14.7 Å². The van der Waals surface area contributed by atoms with Crippen molar-refractivity contribution in [2.24, 2.45) is 0 Å². The monoisotopic (exact) mass is 886 g/mol.